The maximum Gasteiger partial charge on any atom is 0.119 e. The van der Waals surface area contributed by atoms with E-state index in [0.29, 0.717) is 6.61 Å². The maximum atomic E-state index is 5.83. The Morgan fingerprint density at radius 1 is 0.741 bits per heavy atom. The summed E-state index contributed by atoms with van der Waals surface area (Å²) >= 11 is 3.85. The van der Waals surface area contributed by atoms with E-state index >= 15 is 0 Å². The summed E-state index contributed by atoms with van der Waals surface area (Å²) in [6, 6.07) is 29.2. The lowest BCUT2D eigenvalue weighted by atomic mass is 9.95. The lowest BCUT2D eigenvalue weighted by Gasteiger charge is -2.14. The first-order valence-corrected chi connectivity index (χ1v) is 9.83. The molecule has 138 valence electrons. The van der Waals surface area contributed by atoms with Crippen LogP contribution >= 0.6 is 15.9 Å². The van der Waals surface area contributed by atoms with Gasteiger partial charge < -0.3 is 9.64 Å². The SMILES string of the molecule is CN(C)CCOc1ccc(/C(=C(\Br)c2ccccc2)c2ccccc2)cc1. The van der Waals surface area contributed by atoms with Crippen molar-refractivity contribution in [3.8, 4) is 5.75 Å². The zero-order valence-corrected chi connectivity index (χ0v) is 17.3. The highest BCUT2D eigenvalue weighted by molar-refractivity contribution is 9.15. The molecule has 0 spiro atoms. The van der Waals surface area contributed by atoms with Crippen molar-refractivity contribution in [1.29, 1.82) is 0 Å². The van der Waals surface area contributed by atoms with Crippen molar-refractivity contribution >= 4 is 26.0 Å². The van der Waals surface area contributed by atoms with Gasteiger partial charge in [-0.1, -0.05) is 72.8 Å². The van der Waals surface area contributed by atoms with E-state index in [0.717, 1.165) is 27.9 Å². The van der Waals surface area contributed by atoms with E-state index in [2.05, 4.69) is 81.5 Å². The Morgan fingerprint density at radius 2 is 1.26 bits per heavy atom. The molecule has 0 atom stereocenters. The van der Waals surface area contributed by atoms with Gasteiger partial charge in [-0.15, -0.1) is 0 Å². The topological polar surface area (TPSA) is 12.5 Å². The van der Waals surface area contributed by atoms with Gasteiger partial charge in [-0.2, -0.15) is 0 Å². The second-order valence-corrected chi connectivity index (χ2v) is 7.39. The molecule has 0 radical (unpaired) electrons. The minimum absolute atomic E-state index is 0.682. The Labute approximate surface area is 170 Å². The fourth-order valence-corrected chi connectivity index (χ4v) is 3.54. The van der Waals surface area contributed by atoms with Crippen LogP contribution in [0.5, 0.6) is 5.75 Å². The molecule has 0 aliphatic carbocycles. The van der Waals surface area contributed by atoms with Crippen LogP contribution in [0.2, 0.25) is 0 Å². The summed E-state index contributed by atoms with van der Waals surface area (Å²) in [5, 5.41) is 0. The molecule has 0 saturated heterocycles. The van der Waals surface area contributed by atoms with Gasteiger partial charge in [0, 0.05) is 16.6 Å². The van der Waals surface area contributed by atoms with E-state index in [1.54, 1.807) is 0 Å². The van der Waals surface area contributed by atoms with Crippen molar-refractivity contribution in [2.75, 3.05) is 27.2 Å². The Kier molecular flexibility index (Phi) is 6.86. The van der Waals surface area contributed by atoms with E-state index in [4.69, 9.17) is 4.74 Å². The smallest absolute Gasteiger partial charge is 0.119 e. The van der Waals surface area contributed by atoms with Crippen molar-refractivity contribution in [1.82, 2.24) is 4.90 Å². The molecule has 0 aliphatic rings. The molecule has 27 heavy (non-hydrogen) atoms. The third kappa shape index (κ3) is 5.31. The molecule has 3 aromatic rings. The van der Waals surface area contributed by atoms with Crippen molar-refractivity contribution in [2.24, 2.45) is 0 Å². The van der Waals surface area contributed by atoms with Gasteiger partial charge in [0.25, 0.3) is 0 Å². The summed E-state index contributed by atoms with van der Waals surface area (Å²) in [7, 11) is 4.09. The molecule has 2 nitrogen and oxygen atoms in total. The van der Waals surface area contributed by atoms with Gasteiger partial charge >= 0.3 is 0 Å². The summed E-state index contributed by atoms with van der Waals surface area (Å²) in [6.45, 7) is 1.58. The second-order valence-electron chi connectivity index (χ2n) is 6.60. The molecule has 0 fully saturated rings. The first-order chi connectivity index (χ1) is 13.1. The molecular weight excluding hydrogens is 398 g/mol. The van der Waals surface area contributed by atoms with Crippen LogP contribution in [0.25, 0.3) is 10.1 Å². The van der Waals surface area contributed by atoms with Gasteiger partial charge in [-0.25, -0.2) is 0 Å². The largest absolute Gasteiger partial charge is 0.492 e. The van der Waals surface area contributed by atoms with Gasteiger partial charge in [0.15, 0.2) is 0 Å². The first kappa shape index (κ1) is 19.4. The van der Waals surface area contributed by atoms with Crippen LogP contribution < -0.4 is 4.74 Å². The Bertz CT molecular complexity index is 871. The number of hydrogen-bond acceptors (Lipinski definition) is 2. The molecule has 0 N–H and O–H groups in total. The number of benzene rings is 3. The maximum absolute atomic E-state index is 5.83. The van der Waals surface area contributed by atoms with Gasteiger partial charge in [-0.05, 0) is 58.8 Å². The third-order valence-corrected chi connectivity index (χ3v) is 5.11. The van der Waals surface area contributed by atoms with Crippen LogP contribution in [0.4, 0.5) is 0 Å². The molecule has 0 aromatic heterocycles. The molecule has 0 heterocycles. The fraction of sp³-hybridized carbons (Fsp3) is 0.167. The summed E-state index contributed by atoms with van der Waals surface area (Å²) in [6.07, 6.45) is 0. The van der Waals surface area contributed by atoms with Crippen molar-refractivity contribution in [2.45, 2.75) is 0 Å². The molecule has 0 saturated carbocycles. The minimum atomic E-state index is 0.682. The number of ether oxygens (including phenoxy) is 1. The average Bonchev–Trinajstić information content (AvgIpc) is 2.70. The van der Waals surface area contributed by atoms with Crippen LogP contribution in [0, 0.1) is 0 Å². The van der Waals surface area contributed by atoms with Crippen LogP contribution in [-0.4, -0.2) is 32.1 Å². The highest BCUT2D eigenvalue weighted by atomic mass is 79.9. The highest BCUT2D eigenvalue weighted by Gasteiger charge is 2.12. The number of nitrogens with zero attached hydrogens (tertiary/aromatic N) is 1. The molecule has 3 aromatic carbocycles. The van der Waals surface area contributed by atoms with Gasteiger partial charge in [0.1, 0.15) is 12.4 Å². The number of halogens is 1. The summed E-state index contributed by atoms with van der Waals surface area (Å²) in [5.41, 5.74) is 4.65. The van der Waals surface area contributed by atoms with Crippen molar-refractivity contribution in [3.63, 3.8) is 0 Å². The summed E-state index contributed by atoms with van der Waals surface area (Å²) < 4.78 is 6.91. The van der Waals surface area contributed by atoms with Crippen LogP contribution in [0.15, 0.2) is 84.9 Å². The van der Waals surface area contributed by atoms with E-state index in [1.807, 2.05) is 38.4 Å². The monoisotopic (exact) mass is 421 g/mol. The third-order valence-electron chi connectivity index (χ3n) is 4.26. The fourth-order valence-electron chi connectivity index (χ4n) is 2.82. The summed E-state index contributed by atoms with van der Waals surface area (Å²) in [5.74, 6) is 0.892. The zero-order valence-electron chi connectivity index (χ0n) is 15.7. The number of rotatable bonds is 7. The predicted molar refractivity (Wildman–Crippen MR) is 118 cm³/mol. The summed E-state index contributed by atoms with van der Waals surface area (Å²) in [4.78, 5) is 2.11. The normalized spacial score (nSPS) is 12.0. The van der Waals surface area contributed by atoms with E-state index in [-0.39, 0.29) is 0 Å². The zero-order chi connectivity index (χ0) is 19.1. The number of hydrogen-bond donors (Lipinski definition) is 0. The number of likely N-dealkylation sites (N-methyl/N-ethyl adjacent to an activating group) is 1. The Morgan fingerprint density at radius 3 is 1.81 bits per heavy atom. The standard InChI is InChI=1S/C24H24BrNO/c1-26(2)17-18-27-22-15-13-20(14-16-22)23(19-9-5-3-6-10-19)24(25)21-11-7-4-8-12-21/h3-16H,17-18H2,1-2H3/b24-23-. The van der Waals surface area contributed by atoms with Gasteiger partial charge in [0.05, 0.1) is 0 Å². The van der Waals surface area contributed by atoms with Crippen LogP contribution in [-0.2, 0) is 0 Å². The Hall–Kier alpha value is -2.36. The quantitative estimate of drug-likeness (QED) is 0.437. The molecule has 3 heteroatoms. The molecule has 0 amide bonds. The van der Waals surface area contributed by atoms with E-state index in [9.17, 15) is 0 Å². The lowest BCUT2D eigenvalue weighted by molar-refractivity contribution is 0.261. The minimum Gasteiger partial charge on any atom is -0.492 e. The van der Waals surface area contributed by atoms with Crippen LogP contribution in [0.3, 0.4) is 0 Å². The molecule has 0 bridgehead atoms. The lowest BCUT2D eigenvalue weighted by Crippen LogP contribution is -2.19. The predicted octanol–water partition coefficient (Wildman–Crippen LogP) is 5.94. The van der Waals surface area contributed by atoms with Crippen molar-refractivity contribution < 1.29 is 4.74 Å². The van der Waals surface area contributed by atoms with Crippen LogP contribution in [0.1, 0.15) is 16.7 Å². The Balaban J connectivity index is 1.95. The molecule has 0 unspecified atom stereocenters. The van der Waals surface area contributed by atoms with Crippen molar-refractivity contribution in [3.05, 3.63) is 102 Å². The van der Waals surface area contributed by atoms with Gasteiger partial charge in [-0.3, -0.25) is 0 Å². The van der Waals surface area contributed by atoms with Gasteiger partial charge in [0.2, 0.25) is 0 Å². The second kappa shape index (κ2) is 9.54. The average molecular weight is 422 g/mol. The first-order valence-electron chi connectivity index (χ1n) is 9.04. The highest BCUT2D eigenvalue weighted by Crippen LogP contribution is 2.36. The molecule has 0 aliphatic heterocycles. The molecule has 3 rings (SSSR count). The van der Waals surface area contributed by atoms with E-state index in [1.165, 1.54) is 11.1 Å². The van der Waals surface area contributed by atoms with E-state index < -0.39 is 0 Å². The molecular formula is C24H24BrNO.